The fourth-order valence-corrected chi connectivity index (χ4v) is 3.57. The van der Waals surface area contributed by atoms with Gasteiger partial charge in [0, 0.05) is 12.6 Å². The molecule has 0 atom stereocenters. The predicted molar refractivity (Wildman–Crippen MR) is 84.9 cm³/mol. The summed E-state index contributed by atoms with van der Waals surface area (Å²) in [6, 6.07) is 6.09. The molecule has 0 spiro atoms. The number of fused-ring (bicyclic) bond motifs is 1. The number of benzene rings is 1. The van der Waals surface area contributed by atoms with Crippen LogP contribution in [-0.4, -0.2) is 16.7 Å². The molecule has 0 saturated heterocycles. The first-order chi connectivity index (χ1) is 9.78. The molecular weight excluding hydrogens is 268 g/mol. The van der Waals surface area contributed by atoms with E-state index in [1.54, 1.807) is 7.11 Å². The number of ether oxygens (including phenoxy) is 1. The number of imidazole rings is 1. The highest BCUT2D eigenvalue weighted by atomic mass is 32.1. The summed E-state index contributed by atoms with van der Waals surface area (Å²) in [7, 11) is 1.70. The molecular formula is C16H22N2OS. The predicted octanol–water partition coefficient (Wildman–Crippen LogP) is 4.68. The zero-order chi connectivity index (χ0) is 13.9. The summed E-state index contributed by atoms with van der Waals surface area (Å²) in [5.41, 5.74) is 2.25. The van der Waals surface area contributed by atoms with Crippen molar-refractivity contribution in [3.63, 3.8) is 0 Å². The lowest BCUT2D eigenvalue weighted by Gasteiger charge is -2.21. The highest BCUT2D eigenvalue weighted by Gasteiger charge is 2.14. The molecule has 0 unspecified atom stereocenters. The molecule has 2 aromatic rings. The van der Waals surface area contributed by atoms with Gasteiger partial charge >= 0.3 is 0 Å². The second-order valence-corrected chi connectivity index (χ2v) is 6.14. The van der Waals surface area contributed by atoms with Crippen molar-refractivity contribution in [1.29, 1.82) is 0 Å². The largest absolute Gasteiger partial charge is 0.497 e. The van der Waals surface area contributed by atoms with E-state index < -0.39 is 0 Å². The number of methoxy groups -OCH3 is 1. The van der Waals surface area contributed by atoms with Crippen LogP contribution in [-0.2, 0) is 6.54 Å². The Morgan fingerprint density at radius 2 is 2.10 bits per heavy atom. The molecule has 1 aromatic heterocycles. The summed E-state index contributed by atoms with van der Waals surface area (Å²) in [6.45, 7) is 1.01. The smallest absolute Gasteiger partial charge is 0.178 e. The summed E-state index contributed by atoms with van der Waals surface area (Å²) in [6.07, 6.45) is 8.23. The van der Waals surface area contributed by atoms with E-state index >= 15 is 0 Å². The molecule has 20 heavy (non-hydrogen) atoms. The number of hydrogen-bond donors (Lipinski definition) is 1. The number of aryl methyl sites for hydroxylation is 1. The van der Waals surface area contributed by atoms with Crippen LogP contribution in [0.3, 0.4) is 0 Å². The minimum atomic E-state index is 0.823. The molecule has 0 bridgehead atoms. The Morgan fingerprint density at radius 3 is 2.85 bits per heavy atom. The summed E-state index contributed by atoms with van der Waals surface area (Å²) < 4.78 is 8.37. The molecule has 0 amide bonds. The van der Waals surface area contributed by atoms with E-state index in [2.05, 4.69) is 15.6 Å². The van der Waals surface area contributed by atoms with Crippen molar-refractivity contribution in [1.82, 2.24) is 9.55 Å². The van der Waals surface area contributed by atoms with Gasteiger partial charge in [-0.15, -0.1) is 0 Å². The lowest BCUT2D eigenvalue weighted by molar-refractivity contribution is 0.325. The van der Waals surface area contributed by atoms with E-state index in [1.807, 2.05) is 12.1 Å². The van der Waals surface area contributed by atoms with Crippen LogP contribution in [0.5, 0.6) is 5.75 Å². The number of nitrogens with one attached hydrogen (secondary N) is 1. The Bertz CT molecular complexity index is 637. The fraction of sp³-hybridized carbons (Fsp3) is 0.562. The van der Waals surface area contributed by atoms with Gasteiger partial charge in [0.1, 0.15) is 5.75 Å². The molecule has 1 fully saturated rings. The average molecular weight is 290 g/mol. The fourth-order valence-electron chi connectivity index (χ4n) is 3.27. The van der Waals surface area contributed by atoms with Gasteiger partial charge in [-0.25, -0.2) is 0 Å². The quantitative estimate of drug-likeness (QED) is 0.829. The Labute approximate surface area is 125 Å². The molecule has 3 rings (SSSR count). The number of hydrogen-bond acceptors (Lipinski definition) is 2. The third-order valence-electron chi connectivity index (χ3n) is 4.47. The molecule has 1 aromatic carbocycles. The van der Waals surface area contributed by atoms with Gasteiger partial charge in [-0.05, 0) is 36.7 Å². The highest BCUT2D eigenvalue weighted by Crippen LogP contribution is 2.28. The van der Waals surface area contributed by atoms with Crippen LogP contribution in [0.2, 0.25) is 0 Å². The first-order valence-corrected chi connectivity index (χ1v) is 7.95. The third-order valence-corrected chi connectivity index (χ3v) is 4.79. The summed E-state index contributed by atoms with van der Waals surface area (Å²) in [5.74, 6) is 1.76. The molecule has 4 heteroatoms. The van der Waals surface area contributed by atoms with Gasteiger partial charge in [-0.3, -0.25) is 0 Å². The van der Waals surface area contributed by atoms with Gasteiger partial charge in [0.15, 0.2) is 4.77 Å². The maximum Gasteiger partial charge on any atom is 0.178 e. The van der Waals surface area contributed by atoms with E-state index in [9.17, 15) is 0 Å². The van der Waals surface area contributed by atoms with E-state index in [0.29, 0.717) is 0 Å². The second kappa shape index (κ2) is 6.00. The van der Waals surface area contributed by atoms with Crippen LogP contribution in [0.15, 0.2) is 18.2 Å². The Morgan fingerprint density at radius 1 is 1.30 bits per heavy atom. The Balaban J connectivity index is 1.82. The van der Waals surface area contributed by atoms with E-state index in [0.717, 1.165) is 34.0 Å². The van der Waals surface area contributed by atoms with E-state index in [-0.39, 0.29) is 0 Å². The van der Waals surface area contributed by atoms with Crippen molar-refractivity contribution in [3.8, 4) is 5.75 Å². The van der Waals surface area contributed by atoms with Crippen molar-refractivity contribution in [2.24, 2.45) is 5.92 Å². The van der Waals surface area contributed by atoms with Gasteiger partial charge in [0.05, 0.1) is 18.1 Å². The molecule has 0 radical (unpaired) electrons. The molecule has 0 aliphatic heterocycles. The van der Waals surface area contributed by atoms with Crippen molar-refractivity contribution >= 4 is 23.3 Å². The first kappa shape index (κ1) is 13.7. The SMILES string of the molecule is COc1ccc2[nH]c(=S)n(CCC3CCCCC3)c2c1. The summed E-state index contributed by atoms with van der Waals surface area (Å²) in [4.78, 5) is 3.29. The van der Waals surface area contributed by atoms with Gasteiger partial charge in [-0.2, -0.15) is 0 Å². The topological polar surface area (TPSA) is 29.9 Å². The zero-order valence-electron chi connectivity index (χ0n) is 12.0. The number of nitrogens with zero attached hydrogens (tertiary/aromatic N) is 1. The van der Waals surface area contributed by atoms with Crippen LogP contribution in [0, 0.1) is 10.7 Å². The molecule has 1 aliphatic carbocycles. The Hall–Kier alpha value is -1.29. The van der Waals surface area contributed by atoms with Crippen molar-refractivity contribution in [2.75, 3.05) is 7.11 Å². The maximum atomic E-state index is 5.47. The number of H-pyrrole nitrogens is 1. The minimum absolute atomic E-state index is 0.823. The van der Waals surface area contributed by atoms with E-state index in [4.69, 9.17) is 17.0 Å². The zero-order valence-corrected chi connectivity index (χ0v) is 12.8. The minimum Gasteiger partial charge on any atom is -0.497 e. The summed E-state index contributed by atoms with van der Waals surface area (Å²) >= 11 is 5.47. The van der Waals surface area contributed by atoms with Crippen LogP contribution < -0.4 is 4.74 Å². The molecule has 3 nitrogen and oxygen atoms in total. The monoisotopic (exact) mass is 290 g/mol. The maximum absolute atomic E-state index is 5.47. The summed E-state index contributed by atoms with van der Waals surface area (Å²) in [5, 5.41) is 0. The van der Waals surface area contributed by atoms with Crippen LogP contribution in [0.25, 0.3) is 11.0 Å². The van der Waals surface area contributed by atoms with Crippen molar-refractivity contribution in [3.05, 3.63) is 23.0 Å². The Kier molecular flexibility index (Phi) is 4.10. The van der Waals surface area contributed by atoms with Gasteiger partial charge < -0.3 is 14.3 Å². The standard InChI is InChI=1S/C16H22N2OS/c1-19-13-7-8-14-15(11-13)18(16(20)17-14)10-9-12-5-3-2-4-6-12/h7-8,11-12H,2-6,9-10H2,1H3,(H,17,20). The molecule has 1 saturated carbocycles. The highest BCUT2D eigenvalue weighted by molar-refractivity contribution is 7.71. The number of aromatic nitrogens is 2. The van der Waals surface area contributed by atoms with E-state index in [1.165, 1.54) is 38.5 Å². The first-order valence-electron chi connectivity index (χ1n) is 7.54. The van der Waals surface area contributed by atoms with Crippen LogP contribution in [0.4, 0.5) is 0 Å². The molecule has 1 aliphatic rings. The van der Waals surface area contributed by atoms with Gasteiger partial charge in [-0.1, -0.05) is 32.1 Å². The average Bonchev–Trinajstić information content (AvgIpc) is 2.80. The normalized spacial score (nSPS) is 16.6. The number of rotatable bonds is 4. The van der Waals surface area contributed by atoms with Crippen molar-refractivity contribution in [2.45, 2.75) is 45.1 Å². The molecule has 1 heterocycles. The lowest BCUT2D eigenvalue weighted by atomic mass is 9.87. The van der Waals surface area contributed by atoms with Crippen LogP contribution >= 0.6 is 12.2 Å². The van der Waals surface area contributed by atoms with Crippen LogP contribution in [0.1, 0.15) is 38.5 Å². The van der Waals surface area contributed by atoms with Gasteiger partial charge in [0.2, 0.25) is 0 Å². The lowest BCUT2D eigenvalue weighted by Crippen LogP contribution is -2.10. The molecule has 108 valence electrons. The van der Waals surface area contributed by atoms with Crippen molar-refractivity contribution < 1.29 is 4.74 Å². The number of aromatic amines is 1. The molecule has 1 N–H and O–H groups in total. The second-order valence-electron chi connectivity index (χ2n) is 5.76. The third kappa shape index (κ3) is 2.75. The van der Waals surface area contributed by atoms with Gasteiger partial charge in [0.25, 0.3) is 0 Å².